The second kappa shape index (κ2) is 2.81. The lowest BCUT2D eigenvalue weighted by Gasteiger charge is -2.22. The molecule has 2 bridgehead atoms. The summed E-state index contributed by atoms with van der Waals surface area (Å²) in [5, 5.41) is 0. The van der Waals surface area contributed by atoms with Crippen molar-refractivity contribution in [1.82, 2.24) is 4.90 Å². The second-order valence-electron chi connectivity index (χ2n) is 3.30. The molecule has 12 heavy (non-hydrogen) atoms. The first kappa shape index (κ1) is 7.65. The number of nitrogens with zero attached hydrogens (tertiary/aromatic N) is 1. The largest absolute Gasteiger partial charge is 0.450 e. The van der Waals surface area contributed by atoms with Crippen LogP contribution in [-0.2, 0) is 4.74 Å². The van der Waals surface area contributed by atoms with Crippen molar-refractivity contribution in [3.63, 3.8) is 0 Å². The molecule has 1 amide bonds. The molecule has 0 N–H and O–H groups in total. The summed E-state index contributed by atoms with van der Waals surface area (Å²) in [6, 6.07) is 0.314. The zero-order valence-electron chi connectivity index (χ0n) is 7.19. The van der Waals surface area contributed by atoms with Gasteiger partial charge in [0.1, 0.15) is 0 Å². The minimum absolute atomic E-state index is 0.158. The molecule has 0 spiro atoms. The minimum atomic E-state index is -0.158. The van der Waals surface area contributed by atoms with Gasteiger partial charge in [-0.2, -0.15) is 0 Å². The first-order valence-corrected chi connectivity index (χ1v) is 4.43. The quantitative estimate of drug-likeness (QED) is 0.552. The maximum absolute atomic E-state index is 11.3. The fourth-order valence-corrected chi connectivity index (χ4v) is 1.92. The first-order valence-electron chi connectivity index (χ1n) is 4.43. The molecule has 1 heterocycles. The van der Waals surface area contributed by atoms with E-state index in [0.717, 1.165) is 13.0 Å². The number of amides is 1. The highest BCUT2D eigenvalue weighted by Gasteiger charge is 2.37. The Hall–Kier alpha value is -0.990. The third kappa shape index (κ3) is 1.09. The highest BCUT2D eigenvalue weighted by Crippen LogP contribution is 2.31. The van der Waals surface area contributed by atoms with E-state index in [0.29, 0.717) is 18.6 Å². The smallest absolute Gasteiger partial charge is 0.410 e. The van der Waals surface area contributed by atoms with E-state index >= 15 is 0 Å². The third-order valence-electron chi connectivity index (χ3n) is 2.48. The predicted octanol–water partition coefficient (Wildman–Crippen LogP) is 1.40. The number of hydrogen-bond acceptors (Lipinski definition) is 2. The molecule has 0 radical (unpaired) electrons. The Kier molecular flexibility index (Phi) is 1.79. The van der Waals surface area contributed by atoms with Crippen molar-refractivity contribution in [2.24, 2.45) is 5.92 Å². The van der Waals surface area contributed by atoms with E-state index in [2.05, 4.69) is 12.2 Å². The van der Waals surface area contributed by atoms with Crippen molar-refractivity contribution in [3.05, 3.63) is 12.2 Å². The fourth-order valence-electron chi connectivity index (χ4n) is 1.92. The van der Waals surface area contributed by atoms with Crippen LogP contribution >= 0.6 is 0 Å². The van der Waals surface area contributed by atoms with Crippen LogP contribution in [0.3, 0.4) is 0 Å². The Morgan fingerprint density at radius 1 is 1.67 bits per heavy atom. The van der Waals surface area contributed by atoms with E-state index in [9.17, 15) is 4.79 Å². The van der Waals surface area contributed by atoms with E-state index in [1.165, 1.54) is 0 Å². The molecule has 1 fully saturated rings. The Bertz CT molecular complexity index is 225. The van der Waals surface area contributed by atoms with Crippen LogP contribution in [0.15, 0.2) is 12.2 Å². The van der Waals surface area contributed by atoms with Gasteiger partial charge in [-0.1, -0.05) is 12.2 Å². The number of rotatable bonds is 1. The molecule has 1 aliphatic carbocycles. The van der Waals surface area contributed by atoms with Gasteiger partial charge in [-0.3, -0.25) is 0 Å². The number of carbonyl (C=O) groups excluding carboxylic acids is 1. The van der Waals surface area contributed by atoms with Crippen LogP contribution in [0, 0.1) is 5.92 Å². The Morgan fingerprint density at radius 3 is 3.00 bits per heavy atom. The van der Waals surface area contributed by atoms with E-state index in [-0.39, 0.29) is 6.09 Å². The predicted molar refractivity (Wildman–Crippen MR) is 44.8 cm³/mol. The van der Waals surface area contributed by atoms with Crippen LogP contribution in [0.5, 0.6) is 0 Å². The highest BCUT2D eigenvalue weighted by molar-refractivity contribution is 5.69. The zero-order valence-corrected chi connectivity index (χ0v) is 7.19. The average molecular weight is 167 g/mol. The molecule has 1 saturated heterocycles. The summed E-state index contributed by atoms with van der Waals surface area (Å²) in [6.45, 7) is 3.15. The monoisotopic (exact) mass is 167 g/mol. The van der Waals surface area contributed by atoms with Gasteiger partial charge in [0.15, 0.2) is 0 Å². The molecule has 2 rings (SSSR count). The van der Waals surface area contributed by atoms with Crippen molar-refractivity contribution in [3.8, 4) is 0 Å². The van der Waals surface area contributed by atoms with Gasteiger partial charge in [-0.25, -0.2) is 4.79 Å². The summed E-state index contributed by atoms with van der Waals surface area (Å²) < 4.78 is 4.93. The summed E-state index contributed by atoms with van der Waals surface area (Å²) in [6.07, 6.45) is 5.24. The summed E-state index contributed by atoms with van der Waals surface area (Å²) >= 11 is 0. The SMILES string of the molecule is CCOC(=O)N1CC2C=CC1C2. The number of hydrogen-bond donors (Lipinski definition) is 0. The van der Waals surface area contributed by atoms with Crippen molar-refractivity contribution in [2.75, 3.05) is 13.2 Å². The van der Waals surface area contributed by atoms with Gasteiger partial charge < -0.3 is 9.64 Å². The molecular weight excluding hydrogens is 154 g/mol. The molecule has 0 aromatic rings. The van der Waals surface area contributed by atoms with Crippen LogP contribution in [0.25, 0.3) is 0 Å². The van der Waals surface area contributed by atoms with Gasteiger partial charge in [-0.15, -0.1) is 0 Å². The minimum Gasteiger partial charge on any atom is -0.450 e. The third-order valence-corrected chi connectivity index (χ3v) is 2.48. The molecule has 2 atom stereocenters. The molecule has 3 nitrogen and oxygen atoms in total. The molecule has 2 unspecified atom stereocenters. The number of fused-ring (bicyclic) bond motifs is 2. The standard InChI is InChI=1S/C9H13NO2/c1-2-12-9(11)10-6-7-3-4-8(10)5-7/h3-4,7-8H,2,5-6H2,1H3. The Labute approximate surface area is 72.0 Å². The molecule has 3 heteroatoms. The topological polar surface area (TPSA) is 29.5 Å². The summed E-state index contributed by atoms with van der Waals surface area (Å²) in [5.41, 5.74) is 0. The summed E-state index contributed by atoms with van der Waals surface area (Å²) in [5.74, 6) is 0.583. The van der Waals surface area contributed by atoms with E-state index in [4.69, 9.17) is 4.74 Å². The van der Waals surface area contributed by atoms with Gasteiger partial charge in [0.25, 0.3) is 0 Å². The van der Waals surface area contributed by atoms with Crippen molar-refractivity contribution < 1.29 is 9.53 Å². The second-order valence-corrected chi connectivity index (χ2v) is 3.30. The van der Waals surface area contributed by atoms with Crippen molar-refractivity contribution in [1.29, 1.82) is 0 Å². The molecule has 0 aromatic heterocycles. The van der Waals surface area contributed by atoms with Crippen LogP contribution in [0.1, 0.15) is 13.3 Å². The summed E-state index contributed by atoms with van der Waals surface area (Å²) in [7, 11) is 0. The van der Waals surface area contributed by atoms with E-state index in [1.54, 1.807) is 0 Å². The lowest BCUT2D eigenvalue weighted by molar-refractivity contribution is 0.107. The molecule has 0 aromatic carbocycles. The van der Waals surface area contributed by atoms with Gasteiger partial charge in [-0.05, 0) is 19.3 Å². The number of carbonyl (C=O) groups is 1. The maximum Gasteiger partial charge on any atom is 0.410 e. The fraction of sp³-hybridized carbons (Fsp3) is 0.667. The molecular formula is C9H13NO2. The lowest BCUT2D eigenvalue weighted by atomic mass is 10.2. The van der Waals surface area contributed by atoms with E-state index in [1.807, 2.05) is 11.8 Å². The Morgan fingerprint density at radius 2 is 2.50 bits per heavy atom. The van der Waals surface area contributed by atoms with Crippen LogP contribution in [0.4, 0.5) is 4.79 Å². The molecule has 2 aliphatic rings. The van der Waals surface area contributed by atoms with Crippen LogP contribution in [-0.4, -0.2) is 30.2 Å². The number of ether oxygens (including phenoxy) is 1. The zero-order chi connectivity index (χ0) is 8.55. The summed E-state index contributed by atoms with van der Waals surface area (Å²) in [4.78, 5) is 13.1. The molecule has 0 saturated carbocycles. The van der Waals surface area contributed by atoms with Crippen molar-refractivity contribution >= 4 is 6.09 Å². The van der Waals surface area contributed by atoms with Gasteiger partial charge >= 0.3 is 6.09 Å². The Balaban J connectivity index is 1.98. The van der Waals surface area contributed by atoms with Crippen LogP contribution < -0.4 is 0 Å². The average Bonchev–Trinajstić information content (AvgIpc) is 2.64. The maximum atomic E-state index is 11.3. The highest BCUT2D eigenvalue weighted by atomic mass is 16.6. The van der Waals surface area contributed by atoms with Crippen molar-refractivity contribution in [2.45, 2.75) is 19.4 Å². The normalized spacial score (nSPS) is 31.2. The lowest BCUT2D eigenvalue weighted by Crippen LogP contribution is -2.36. The number of likely N-dealkylation sites (tertiary alicyclic amines) is 1. The first-order chi connectivity index (χ1) is 5.81. The van der Waals surface area contributed by atoms with E-state index < -0.39 is 0 Å². The molecule has 66 valence electrons. The van der Waals surface area contributed by atoms with Crippen LogP contribution in [0.2, 0.25) is 0 Å². The van der Waals surface area contributed by atoms with Gasteiger partial charge in [0.05, 0.1) is 12.6 Å². The molecule has 1 aliphatic heterocycles. The van der Waals surface area contributed by atoms with Gasteiger partial charge in [0.2, 0.25) is 0 Å². The van der Waals surface area contributed by atoms with Gasteiger partial charge in [0, 0.05) is 6.54 Å².